The monoisotopic (exact) mass is 914 g/mol. The van der Waals surface area contributed by atoms with E-state index in [4.69, 9.17) is 23.9 Å². The molecule has 0 saturated carbocycles. The van der Waals surface area contributed by atoms with Crippen molar-refractivity contribution < 1.29 is 57.3 Å². The SMILES string of the molecule is C=CC(=O)OCC(CSC(C)C(=O)Nc1[nH]c(C=C2N=C(NC(=O)C(C)SC(COC=O)OC=O)C(C(=O)NC)=C2c2ccccc2)c(-c2ccccc2)c1C(=O)NC)OC(=O)C=C. The molecule has 3 aromatic rings. The summed E-state index contributed by atoms with van der Waals surface area (Å²) in [5.41, 5.74) is 1.30. The van der Waals surface area contributed by atoms with E-state index < -0.39 is 57.6 Å². The molecule has 1 aliphatic rings. The van der Waals surface area contributed by atoms with Crippen molar-refractivity contribution in [3.63, 3.8) is 0 Å². The maximum absolute atomic E-state index is 13.8. The van der Waals surface area contributed by atoms with E-state index in [2.05, 4.69) is 39.4 Å². The molecule has 0 aliphatic carbocycles. The van der Waals surface area contributed by atoms with Crippen molar-refractivity contribution in [2.75, 3.05) is 38.4 Å². The van der Waals surface area contributed by atoms with Gasteiger partial charge in [0.05, 0.1) is 33.0 Å². The van der Waals surface area contributed by atoms with Gasteiger partial charge in [-0.05, 0) is 31.1 Å². The number of hydrogen-bond donors (Lipinski definition) is 5. The van der Waals surface area contributed by atoms with Crippen LogP contribution in [0, 0.1) is 0 Å². The Kier molecular flexibility index (Phi) is 18.9. The van der Waals surface area contributed by atoms with E-state index in [0.717, 1.165) is 35.7 Å². The average Bonchev–Trinajstić information content (AvgIpc) is 3.85. The molecule has 4 unspecified atom stereocenters. The predicted molar refractivity (Wildman–Crippen MR) is 242 cm³/mol. The summed E-state index contributed by atoms with van der Waals surface area (Å²) in [5, 5.41) is 9.06. The van der Waals surface area contributed by atoms with Crippen molar-refractivity contribution in [3.8, 4) is 11.1 Å². The zero-order chi connectivity index (χ0) is 46.8. The lowest BCUT2D eigenvalue weighted by Gasteiger charge is -2.19. The van der Waals surface area contributed by atoms with Gasteiger partial charge in [0.25, 0.3) is 24.8 Å². The lowest BCUT2D eigenvalue weighted by atomic mass is 9.95. The number of aliphatic imine (C=N–C) groups is 1. The minimum absolute atomic E-state index is 0.00512. The maximum Gasteiger partial charge on any atom is 0.330 e. The van der Waals surface area contributed by atoms with Gasteiger partial charge >= 0.3 is 11.9 Å². The summed E-state index contributed by atoms with van der Waals surface area (Å²) in [5.74, 6) is -3.88. The van der Waals surface area contributed by atoms with E-state index in [1.165, 1.54) is 21.0 Å². The van der Waals surface area contributed by atoms with Crippen molar-refractivity contribution in [1.29, 1.82) is 0 Å². The van der Waals surface area contributed by atoms with E-state index in [9.17, 15) is 38.4 Å². The Morgan fingerprint density at radius 1 is 0.797 bits per heavy atom. The summed E-state index contributed by atoms with van der Waals surface area (Å²) in [4.78, 5) is 109. The number of amidine groups is 1. The molecule has 4 rings (SSSR count). The second kappa shape index (κ2) is 24.4. The molecule has 1 aliphatic heterocycles. The first kappa shape index (κ1) is 49.5. The van der Waals surface area contributed by atoms with Crippen LogP contribution in [-0.2, 0) is 52.5 Å². The lowest BCUT2D eigenvalue weighted by molar-refractivity contribution is -0.151. The zero-order valence-electron chi connectivity index (χ0n) is 35.2. The van der Waals surface area contributed by atoms with Crippen molar-refractivity contribution in [3.05, 3.63) is 114 Å². The number of rotatable bonds is 23. The van der Waals surface area contributed by atoms with Gasteiger partial charge < -0.3 is 45.2 Å². The Hall–Kier alpha value is -7.19. The van der Waals surface area contributed by atoms with Crippen LogP contribution < -0.4 is 21.3 Å². The molecular weight excluding hydrogens is 869 g/mol. The number of hydrogen-bond acceptors (Lipinski definition) is 15. The van der Waals surface area contributed by atoms with Crippen molar-refractivity contribution in [1.82, 2.24) is 20.9 Å². The Morgan fingerprint density at radius 3 is 2.02 bits per heavy atom. The van der Waals surface area contributed by atoms with E-state index in [0.29, 0.717) is 22.3 Å². The summed E-state index contributed by atoms with van der Waals surface area (Å²) < 4.78 is 20.0. The quantitative estimate of drug-likeness (QED) is 0.0299. The molecule has 0 radical (unpaired) electrons. The van der Waals surface area contributed by atoms with Gasteiger partial charge in [-0.3, -0.25) is 28.8 Å². The molecule has 20 heteroatoms. The minimum atomic E-state index is -1.01. The predicted octanol–water partition coefficient (Wildman–Crippen LogP) is 3.79. The van der Waals surface area contributed by atoms with Crippen LogP contribution in [0.4, 0.5) is 5.82 Å². The largest absolute Gasteiger partial charge is 0.463 e. The Morgan fingerprint density at radius 2 is 1.42 bits per heavy atom. The first-order valence-electron chi connectivity index (χ1n) is 19.3. The lowest BCUT2D eigenvalue weighted by Crippen LogP contribution is -2.40. The van der Waals surface area contributed by atoms with E-state index in [1.54, 1.807) is 73.7 Å². The number of carbonyl (C=O) groups excluding carboxylic acids is 8. The Labute approximate surface area is 376 Å². The number of nitrogens with zero attached hydrogens (tertiary/aromatic N) is 1. The third kappa shape index (κ3) is 13.2. The molecule has 336 valence electrons. The number of thioether (sulfide) groups is 2. The minimum Gasteiger partial charge on any atom is -0.463 e. The standard InChI is InChI=1S/C44H46N6O12S2/c1-7-32(53)60-20-29(62-33(54)8-2)22-63-25(3)41(55)49-39-37(43(57)45-5)35(27-15-11-9-12-16-27)30(47-39)19-31-36(28-17-13-10-14-18-28)38(44(58)46-6)40(48-31)50-42(56)26(4)64-34(61-24-52)21-59-23-51/h7-19,23-26,29,34,47H,1-2,20-22H2,3-6H3,(H,45,57)(H,46,58)(H,49,55)(H,48,50,56). The summed E-state index contributed by atoms with van der Waals surface area (Å²) in [6, 6.07) is 17.6. The van der Waals surface area contributed by atoms with Gasteiger partial charge in [0.1, 0.15) is 31.0 Å². The van der Waals surface area contributed by atoms with Crippen LogP contribution in [0.1, 0.15) is 35.5 Å². The van der Waals surface area contributed by atoms with Crippen LogP contribution in [0.5, 0.6) is 0 Å². The average molecular weight is 915 g/mol. The number of H-pyrrole nitrogens is 1. The summed E-state index contributed by atoms with van der Waals surface area (Å²) in [7, 11) is 2.85. The van der Waals surface area contributed by atoms with Crippen LogP contribution in [0.3, 0.4) is 0 Å². The molecule has 2 heterocycles. The van der Waals surface area contributed by atoms with E-state index >= 15 is 0 Å². The number of amides is 4. The molecule has 18 nitrogen and oxygen atoms in total. The molecule has 4 amide bonds. The fourth-order valence-corrected chi connectivity index (χ4v) is 7.73. The summed E-state index contributed by atoms with van der Waals surface area (Å²) in [6.45, 7) is 9.58. The van der Waals surface area contributed by atoms with Gasteiger partial charge in [-0.1, -0.05) is 73.8 Å². The highest BCUT2D eigenvalue weighted by Gasteiger charge is 2.34. The number of likely N-dealkylation sites (N-methyl/N-ethyl adjacent to an activating group) is 1. The Balaban J connectivity index is 1.83. The van der Waals surface area contributed by atoms with Crippen LogP contribution >= 0.6 is 23.5 Å². The number of benzene rings is 2. The van der Waals surface area contributed by atoms with Crippen molar-refractivity contribution in [2.24, 2.45) is 4.99 Å². The normalized spacial score (nSPS) is 14.4. The molecule has 1 aromatic heterocycles. The molecule has 64 heavy (non-hydrogen) atoms. The number of allylic oxidation sites excluding steroid dienone is 1. The Bertz CT molecular complexity index is 2350. The number of esters is 2. The second-order valence-electron chi connectivity index (χ2n) is 13.2. The van der Waals surface area contributed by atoms with Gasteiger partial charge in [0.15, 0.2) is 5.44 Å². The molecule has 2 aromatic carbocycles. The number of anilines is 1. The van der Waals surface area contributed by atoms with Gasteiger partial charge in [-0.15, -0.1) is 23.5 Å². The van der Waals surface area contributed by atoms with Gasteiger partial charge in [0, 0.05) is 43.1 Å². The van der Waals surface area contributed by atoms with Crippen LogP contribution in [-0.4, -0.2) is 114 Å². The van der Waals surface area contributed by atoms with Crippen molar-refractivity contribution in [2.45, 2.75) is 35.9 Å². The molecule has 0 fully saturated rings. The van der Waals surface area contributed by atoms with E-state index in [1.807, 2.05) is 0 Å². The third-order valence-electron chi connectivity index (χ3n) is 8.97. The summed E-state index contributed by atoms with van der Waals surface area (Å²) in [6.07, 6.45) is 2.56. The molecule has 0 spiro atoms. The molecular formula is C44H46N6O12S2. The number of aromatic nitrogens is 1. The van der Waals surface area contributed by atoms with Crippen LogP contribution in [0.2, 0.25) is 0 Å². The number of carbonyl (C=O) groups is 8. The van der Waals surface area contributed by atoms with Gasteiger partial charge in [0.2, 0.25) is 11.8 Å². The molecule has 4 atom stereocenters. The number of nitrogens with one attached hydrogen (secondary N) is 5. The van der Waals surface area contributed by atoms with E-state index in [-0.39, 0.29) is 66.1 Å². The highest BCUT2D eigenvalue weighted by atomic mass is 32.2. The second-order valence-corrected chi connectivity index (χ2v) is 16.1. The first-order valence-corrected chi connectivity index (χ1v) is 21.3. The highest BCUT2D eigenvalue weighted by Crippen LogP contribution is 2.40. The molecule has 5 N–H and O–H groups in total. The van der Waals surface area contributed by atoms with Crippen molar-refractivity contribution >= 4 is 95.3 Å². The summed E-state index contributed by atoms with van der Waals surface area (Å²) >= 11 is 1.97. The third-order valence-corrected chi connectivity index (χ3v) is 11.4. The topological polar surface area (TPSA) is 250 Å². The van der Waals surface area contributed by atoms with Gasteiger partial charge in [-0.2, -0.15) is 0 Å². The molecule has 0 bridgehead atoms. The van der Waals surface area contributed by atoms with Crippen LogP contribution in [0.15, 0.2) is 102 Å². The highest BCUT2D eigenvalue weighted by molar-refractivity contribution is 8.01. The number of aromatic amines is 1. The fraction of sp³-hybridized carbons (Fsp3) is 0.250. The number of ether oxygens (including phenoxy) is 4. The fourth-order valence-electron chi connectivity index (χ4n) is 5.94. The van der Waals surface area contributed by atoms with Gasteiger partial charge in [-0.25, -0.2) is 14.6 Å². The van der Waals surface area contributed by atoms with Crippen LogP contribution in [0.25, 0.3) is 22.8 Å². The maximum atomic E-state index is 13.8. The molecule has 0 saturated heterocycles. The zero-order valence-corrected chi connectivity index (χ0v) is 36.8. The first-order chi connectivity index (χ1) is 30.8. The smallest absolute Gasteiger partial charge is 0.330 e.